The summed E-state index contributed by atoms with van der Waals surface area (Å²) >= 11 is 9.34. The molecule has 1 N–H and O–H groups in total. The van der Waals surface area contributed by atoms with Gasteiger partial charge in [0.25, 0.3) is 5.91 Å². The summed E-state index contributed by atoms with van der Waals surface area (Å²) in [5, 5.41) is 12.9. The molecule has 0 spiro atoms. The molecule has 0 aliphatic carbocycles. The standard InChI is InChI=1S/C14H16BrClN2O2/c1-2-9-8-18(6-5-13(9)17-20)14(19)11-7-10(16)3-4-12(11)15/h3-4,7,9,20H,2,5-6,8H2,1H3/b17-13+. The minimum atomic E-state index is -0.0465. The van der Waals surface area contributed by atoms with Crippen LogP contribution in [0.5, 0.6) is 0 Å². The molecule has 1 aliphatic rings. The number of likely N-dealkylation sites (tertiary alicyclic amines) is 1. The first-order valence-corrected chi connectivity index (χ1v) is 7.69. The van der Waals surface area contributed by atoms with Crippen molar-refractivity contribution >= 4 is 39.1 Å². The lowest BCUT2D eigenvalue weighted by atomic mass is 9.93. The number of benzene rings is 1. The number of oxime groups is 1. The zero-order valence-corrected chi connectivity index (χ0v) is 13.5. The molecule has 0 aromatic heterocycles. The second kappa shape index (κ2) is 6.59. The fourth-order valence-electron chi connectivity index (χ4n) is 2.43. The van der Waals surface area contributed by atoms with Gasteiger partial charge >= 0.3 is 0 Å². The van der Waals surface area contributed by atoms with E-state index >= 15 is 0 Å². The van der Waals surface area contributed by atoms with E-state index in [9.17, 15) is 4.79 Å². The highest BCUT2D eigenvalue weighted by Gasteiger charge is 2.29. The Morgan fingerprint density at radius 3 is 3.00 bits per heavy atom. The van der Waals surface area contributed by atoms with Crippen molar-refractivity contribution in [1.29, 1.82) is 0 Å². The number of nitrogens with zero attached hydrogens (tertiary/aromatic N) is 2. The van der Waals surface area contributed by atoms with Crippen molar-refractivity contribution < 1.29 is 10.0 Å². The number of hydrogen-bond acceptors (Lipinski definition) is 3. The molecule has 1 fully saturated rings. The average Bonchev–Trinajstić information content (AvgIpc) is 2.48. The highest BCUT2D eigenvalue weighted by atomic mass is 79.9. The summed E-state index contributed by atoms with van der Waals surface area (Å²) in [7, 11) is 0. The Bertz CT molecular complexity index is 548. The van der Waals surface area contributed by atoms with Crippen LogP contribution in [0.4, 0.5) is 0 Å². The van der Waals surface area contributed by atoms with Gasteiger partial charge in [-0.1, -0.05) is 23.7 Å². The zero-order chi connectivity index (χ0) is 14.7. The maximum absolute atomic E-state index is 12.6. The monoisotopic (exact) mass is 358 g/mol. The topological polar surface area (TPSA) is 52.9 Å². The van der Waals surface area contributed by atoms with Gasteiger partial charge in [0.1, 0.15) is 0 Å². The Kier molecular flexibility index (Phi) is 5.05. The summed E-state index contributed by atoms with van der Waals surface area (Å²) < 4.78 is 0.738. The molecule has 1 heterocycles. The summed E-state index contributed by atoms with van der Waals surface area (Å²) in [5.41, 5.74) is 1.35. The summed E-state index contributed by atoms with van der Waals surface area (Å²) in [5.74, 6) is 0.0745. The quantitative estimate of drug-likeness (QED) is 0.645. The molecule has 0 bridgehead atoms. The van der Waals surface area contributed by atoms with Gasteiger partial charge in [0.05, 0.1) is 11.3 Å². The first-order chi connectivity index (χ1) is 9.56. The van der Waals surface area contributed by atoms with E-state index in [-0.39, 0.29) is 11.8 Å². The summed E-state index contributed by atoms with van der Waals surface area (Å²) in [6.07, 6.45) is 1.46. The maximum Gasteiger partial charge on any atom is 0.255 e. The van der Waals surface area contributed by atoms with Crippen LogP contribution < -0.4 is 0 Å². The van der Waals surface area contributed by atoms with E-state index in [2.05, 4.69) is 21.1 Å². The van der Waals surface area contributed by atoms with E-state index in [0.717, 1.165) is 16.6 Å². The van der Waals surface area contributed by atoms with Gasteiger partial charge in [-0.3, -0.25) is 4.79 Å². The van der Waals surface area contributed by atoms with Gasteiger partial charge in [0.15, 0.2) is 0 Å². The predicted molar refractivity (Wildman–Crippen MR) is 82.7 cm³/mol. The Morgan fingerprint density at radius 1 is 1.60 bits per heavy atom. The van der Waals surface area contributed by atoms with Crippen molar-refractivity contribution in [1.82, 2.24) is 4.90 Å². The first kappa shape index (κ1) is 15.3. The van der Waals surface area contributed by atoms with Crippen LogP contribution in [-0.2, 0) is 0 Å². The number of hydrogen-bond donors (Lipinski definition) is 1. The lowest BCUT2D eigenvalue weighted by Crippen LogP contribution is -2.44. The lowest BCUT2D eigenvalue weighted by Gasteiger charge is -2.33. The fraction of sp³-hybridized carbons (Fsp3) is 0.429. The van der Waals surface area contributed by atoms with Crippen molar-refractivity contribution in [3.63, 3.8) is 0 Å². The van der Waals surface area contributed by atoms with Crippen LogP contribution in [0, 0.1) is 5.92 Å². The number of piperidine rings is 1. The average molecular weight is 360 g/mol. The Hall–Kier alpha value is -1.07. The third-order valence-electron chi connectivity index (χ3n) is 3.62. The SMILES string of the molecule is CCC1CN(C(=O)c2cc(Cl)ccc2Br)CC/C1=N\O. The number of halogens is 2. The second-order valence-corrected chi connectivity index (χ2v) is 6.11. The van der Waals surface area contributed by atoms with Gasteiger partial charge in [-0.15, -0.1) is 0 Å². The predicted octanol–water partition coefficient (Wildman–Crippen LogP) is 3.80. The van der Waals surface area contributed by atoms with E-state index in [1.54, 1.807) is 23.1 Å². The Morgan fingerprint density at radius 2 is 2.35 bits per heavy atom. The van der Waals surface area contributed by atoms with Gasteiger partial charge in [-0.2, -0.15) is 0 Å². The molecule has 1 atom stereocenters. The maximum atomic E-state index is 12.6. The smallest absolute Gasteiger partial charge is 0.255 e. The molecule has 1 saturated heterocycles. The third kappa shape index (κ3) is 3.15. The van der Waals surface area contributed by atoms with Crippen molar-refractivity contribution in [3.8, 4) is 0 Å². The summed E-state index contributed by atoms with van der Waals surface area (Å²) in [4.78, 5) is 14.4. The van der Waals surface area contributed by atoms with Crippen LogP contribution in [0.15, 0.2) is 27.8 Å². The summed E-state index contributed by atoms with van der Waals surface area (Å²) in [6.45, 7) is 3.17. The molecule has 2 rings (SSSR count). The number of amides is 1. The van der Waals surface area contributed by atoms with E-state index in [1.165, 1.54) is 0 Å². The van der Waals surface area contributed by atoms with Crippen molar-refractivity contribution in [2.45, 2.75) is 19.8 Å². The highest BCUT2D eigenvalue weighted by Crippen LogP contribution is 2.25. The first-order valence-electron chi connectivity index (χ1n) is 6.52. The molecule has 0 radical (unpaired) electrons. The minimum absolute atomic E-state index is 0.0465. The van der Waals surface area contributed by atoms with Gasteiger partial charge in [-0.25, -0.2) is 0 Å². The van der Waals surface area contributed by atoms with E-state index in [0.29, 0.717) is 30.1 Å². The lowest BCUT2D eigenvalue weighted by molar-refractivity contribution is 0.0728. The summed E-state index contributed by atoms with van der Waals surface area (Å²) in [6, 6.07) is 5.19. The van der Waals surface area contributed by atoms with E-state index < -0.39 is 0 Å². The molecule has 1 unspecified atom stereocenters. The van der Waals surface area contributed by atoms with Crippen molar-refractivity contribution in [2.24, 2.45) is 11.1 Å². The zero-order valence-electron chi connectivity index (χ0n) is 11.1. The van der Waals surface area contributed by atoms with Gasteiger partial charge in [0.2, 0.25) is 0 Å². The largest absolute Gasteiger partial charge is 0.411 e. The van der Waals surface area contributed by atoms with Crippen molar-refractivity contribution in [3.05, 3.63) is 33.3 Å². The van der Waals surface area contributed by atoms with Crippen LogP contribution >= 0.6 is 27.5 Å². The molecular weight excluding hydrogens is 344 g/mol. The van der Waals surface area contributed by atoms with Gasteiger partial charge < -0.3 is 10.1 Å². The molecule has 4 nitrogen and oxygen atoms in total. The molecule has 20 heavy (non-hydrogen) atoms. The molecular formula is C14H16BrClN2O2. The molecule has 1 aliphatic heterocycles. The molecule has 1 aromatic rings. The minimum Gasteiger partial charge on any atom is -0.411 e. The highest BCUT2D eigenvalue weighted by molar-refractivity contribution is 9.10. The molecule has 1 amide bonds. The Labute approximate surface area is 131 Å². The number of carbonyl (C=O) groups excluding carboxylic acids is 1. The van der Waals surface area contributed by atoms with Gasteiger partial charge in [-0.05, 0) is 40.5 Å². The fourth-order valence-corrected chi connectivity index (χ4v) is 3.02. The van der Waals surface area contributed by atoms with Crippen LogP contribution in [0.25, 0.3) is 0 Å². The number of carbonyl (C=O) groups is 1. The molecule has 6 heteroatoms. The van der Waals surface area contributed by atoms with Crippen LogP contribution in [-0.4, -0.2) is 34.8 Å². The van der Waals surface area contributed by atoms with Crippen LogP contribution in [0.1, 0.15) is 30.1 Å². The van der Waals surface area contributed by atoms with Crippen LogP contribution in [0.3, 0.4) is 0 Å². The van der Waals surface area contributed by atoms with Gasteiger partial charge in [0, 0.05) is 34.9 Å². The molecule has 1 aromatic carbocycles. The van der Waals surface area contributed by atoms with E-state index in [1.807, 2.05) is 6.92 Å². The normalized spacial score (nSPS) is 21.2. The Balaban J connectivity index is 2.20. The van der Waals surface area contributed by atoms with E-state index in [4.69, 9.17) is 16.8 Å². The van der Waals surface area contributed by atoms with Crippen molar-refractivity contribution in [2.75, 3.05) is 13.1 Å². The molecule has 108 valence electrons. The third-order valence-corrected chi connectivity index (χ3v) is 4.54. The second-order valence-electron chi connectivity index (χ2n) is 4.82. The van der Waals surface area contributed by atoms with Crippen LogP contribution in [0.2, 0.25) is 5.02 Å². The molecule has 0 saturated carbocycles. The number of rotatable bonds is 2.